The Morgan fingerprint density at radius 3 is 2.43 bits per heavy atom. The van der Waals surface area contributed by atoms with Crippen LogP contribution in [0.15, 0.2) is 42.5 Å². The van der Waals surface area contributed by atoms with Crippen LogP contribution in [0.4, 0.5) is 11.4 Å². The summed E-state index contributed by atoms with van der Waals surface area (Å²) in [7, 11) is 0. The molecule has 6 nitrogen and oxygen atoms in total. The molecule has 1 N–H and O–H groups in total. The van der Waals surface area contributed by atoms with Crippen molar-refractivity contribution in [1.29, 1.82) is 0 Å². The molecule has 2 aromatic rings. The number of carbonyl (C=O) groups excluding carboxylic acids is 3. The highest BCUT2D eigenvalue weighted by atomic mass is 16.5. The molecule has 2 amide bonds. The summed E-state index contributed by atoms with van der Waals surface area (Å²) in [6.07, 6.45) is 0.458. The third-order valence-electron chi connectivity index (χ3n) is 4.78. The van der Waals surface area contributed by atoms with E-state index in [0.717, 1.165) is 23.2 Å². The van der Waals surface area contributed by atoms with Crippen LogP contribution >= 0.6 is 0 Å². The van der Waals surface area contributed by atoms with Crippen LogP contribution in [-0.4, -0.2) is 30.4 Å². The van der Waals surface area contributed by atoms with Gasteiger partial charge in [-0.15, -0.1) is 0 Å². The molecular weight excluding hydrogens is 356 g/mol. The number of rotatable bonds is 5. The molecule has 0 aliphatic carbocycles. The number of anilines is 2. The van der Waals surface area contributed by atoms with E-state index in [0.29, 0.717) is 24.2 Å². The fourth-order valence-electron chi connectivity index (χ4n) is 3.17. The van der Waals surface area contributed by atoms with Gasteiger partial charge in [0.1, 0.15) is 0 Å². The first-order valence-corrected chi connectivity index (χ1v) is 9.34. The summed E-state index contributed by atoms with van der Waals surface area (Å²) < 4.78 is 5.29. The average Bonchev–Trinajstić information content (AvgIpc) is 3.10. The van der Waals surface area contributed by atoms with E-state index in [1.54, 1.807) is 29.2 Å². The highest BCUT2D eigenvalue weighted by molar-refractivity contribution is 5.98. The lowest BCUT2D eigenvalue weighted by Crippen LogP contribution is -2.30. The molecule has 0 bridgehead atoms. The van der Waals surface area contributed by atoms with Crippen molar-refractivity contribution in [3.8, 4) is 0 Å². The number of hydrogen-bond acceptors (Lipinski definition) is 4. The molecule has 1 aliphatic rings. The Hall–Kier alpha value is -3.15. The molecule has 0 unspecified atom stereocenters. The van der Waals surface area contributed by atoms with Gasteiger partial charge in [-0.1, -0.05) is 17.7 Å². The van der Waals surface area contributed by atoms with Gasteiger partial charge in [-0.25, -0.2) is 4.79 Å². The van der Waals surface area contributed by atoms with Crippen LogP contribution < -0.4 is 10.2 Å². The smallest absolute Gasteiger partial charge is 0.338 e. The monoisotopic (exact) mass is 380 g/mol. The van der Waals surface area contributed by atoms with Gasteiger partial charge in [0.15, 0.2) is 6.10 Å². The van der Waals surface area contributed by atoms with Gasteiger partial charge in [0.2, 0.25) is 5.91 Å². The SMILES string of the molecule is Cc1ccc(NC(=O)[C@H](C)OC(=O)c2ccc(N3CCCC3=O)cc2)c(C)c1. The van der Waals surface area contributed by atoms with Crippen molar-refractivity contribution >= 4 is 29.2 Å². The number of ether oxygens (including phenoxy) is 1. The lowest BCUT2D eigenvalue weighted by molar-refractivity contribution is -0.123. The lowest BCUT2D eigenvalue weighted by atomic mass is 10.1. The molecular formula is C22H24N2O4. The number of amides is 2. The number of nitrogens with zero attached hydrogens (tertiary/aromatic N) is 1. The van der Waals surface area contributed by atoms with Crippen LogP contribution in [0, 0.1) is 13.8 Å². The van der Waals surface area contributed by atoms with Crippen molar-refractivity contribution in [2.75, 3.05) is 16.8 Å². The molecule has 3 rings (SSSR count). The zero-order valence-corrected chi connectivity index (χ0v) is 16.3. The van der Waals surface area contributed by atoms with E-state index in [1.807, 2.05) is 32.0 Å². The van der Waals surface area contributed by atoms with Gasteiger partial charge in [-0.2, -0.15) is 0 Å². The number of carbonyl (C=O) groups is 3. The Bertz CT molecular complexity index is 905. The lowest BCUT2D eigenvalue weighted by Gasteiger charge is -2.17. The van der Waals surface area contributed by atoms with Crippen molar-refractivity contribution in [2.45, 2.75) is 39.7 Å². The van der Waals surface area contributed by atoms with E-state index < -0.39 is 12.1 Å². The molecule has 28 heavy (non-hydrogen) atoms. The third kappa shape index (κ3) is 4.39. The van der Waals surface area contributed by atoms with Crippen LogP contribution in [0.25, 0.3) is 0 Å². The van der Waals surface area contributed by atoms with Crippen LogP contribution in [0.1, 0.15) is 41.3 Å². The predicted octanol–water partition coefficient (Wildman–Crippen LogP) is 3.61. The van der Waals surface area contributed by atoms with Crippen molar-refractivity contribution in [2.24, 2.45) is 0 Å². The molecule has 146 valence electrons. The number of nitrogens with one attached hydrogen (secondary N) is 1. The maximum absolute atomic E-state index is 12.3. The number of aryl methyl sites for hydroxylation is 2. The zero-order valence-electron chi connectivity index (χ0n) is 16.3. The Morgan fingerprint density at radius 2 is 1.82 bits per heavy atom. The molecule has 0 aromatic heterocycles. The summed E-state index contributed by atoms with van der Waals surface area (Å²) in [5, 5.41) is 2.78. The minimum atomic E-state index is -0.937. The van der Waals surface area contributed by atoms with Crippen molar-refractivity contribution in [1.82, 2.24) is 0 Å². The standard InChI is InChI=1S/C22H24N2O4/c1-14-6-11-19(15(2)13-14)23-21(26)16(3)28-22(27)17-7-9-18(10-8-17)24-12-4-5-20(24)25/h6-11,13,16H,4-5,12H2,1-3H3,(H,23,26)/t16-/m0/s1. The van der Waals surface area contributed by atoms with E-state index in [1.165, 1.54) is 6.92 Å². The second-order valence-corrected chi connectivity index (χ2v) is 7.05. The number of hydrogen-bond donors (Lipinski definition) is 1. The molecule has 1 saturated heterocycles. The second kappa shape index (κ2) is 8.25. The maximum atomic E-state index is 12.3. The van der Waals surface area contributed by atoms with Crippen LogP contribution in [0.3, 0.4) is 0 Å². The van der Waals surface area contributed by atoms with E-state index in [9.17, 15) is 14.4 Å². The van der Waals surface area contributed by atoms with E-state index in [2.05, 4.69) is 5.32 Å². The van der Waals surface area contributed by atoms with Crippen LogP contribution in [0.5, 0.6) is 0 Å². The Balaban J connectivity index is 1.60. The highest BCUT2D eigenvalue weighted by Crippen LogP contribution is 2.22. The van der Waals surface area contributed by atoms with Gasteiger partial charge in [0.25, 0.3) is 5.91 Å². The maximum Gasteiger partial charge on any atom is 0.338 e. The summed E-state index contributed by atoms with van der Waals surface area (Å²) in [6.45, 7) is 6.12. The minimum absolute atomic E-state index is 0.0898. The molecule has 0 spiro atoms. The molecule has 6 heteroatoms. The average molecular weight is 380 g/mol. The normalized spacial score (nSPS) is 14.7. The summed E-state index contributed by atoms with van der Waals surface area (Å²) in [5.74, 6) is -0.880. The second-order valence-electron chi connectivity index (χ2n) is 7.05. The molecule has 1 heterocycles. The molecule has 1 aliphatic heterocycles. The molecule has 0 saturated carbocycles. The van der Waals surface area contributed by atoms with Crippen LogP contribution in [0.2, 0.25) is 0 Å². The minimum Gasteiger partial charge on any atom is -0.449 e. The van der Waals surface area contributed by atoms with Gasteiger partial charge in [0.05, 0.1) is 5.56 Å². The topological polar surface area (TPSA) is 75.7 Å². The van der Waals surface area contributed by atoms with Gasteiger partial charge in [0, 0.05) is 24.3 Å². The third-order valence-corrected chi connectivity index (χ3v) is 4.78. The summed E-state index contributed by atoms with van der Waals surface area (Å²) in [4.78, 5) is 38.2. The first-order chi connectivity index (χ1) is 13.3. The Kier molecular flexibility index (Phi) is 5.78. The predicted molar refractivity (Wildman–Crippen MR) is 107 cm³/mol. The Labute approximate surface area is 164 Å². The first-order valence-electron chi connectivity index (χ1n) is 9.34. The molecule has 1 fully saturated rings. The molecule has 2 aromatic carbocycles. The fourth-order valence-corrected chi connectivity index (χ4v) is 3.17. The molecule has 0 radical (unpaired) electrons. The van der Waals surface area contributed by atoms with Crippen molar-refractivity contribution in [3.63, 3.8) is 0 Å². The molecule has 1 atom stereocenters. The largest absolute Gasteiger partial charge is 0.449 e. The number of esters is 1. The van der Waals surface area contributed by atoms with Crippen molar-refractivity contribution < 1.29 is 19.1 Å². The van der Waals surface area contributed by atoms with Crippen LogP contribution in [-0.2, 0) is 14.3 Å². The summed E-state index contributed by atoms with van der Waals surface area (Å²) in [6, 6.07) is 12.4. The van der Waals surface area contributed by atoms with Gasteiger partial charge < -0.3 is 15.0 Å². The van der Waals surface area contributed by atoms with E-state index in [4.69, 9.17) is 4.74 Å². The zero-order chi connectivity index (χ0) is 20.3. The van der Waals surface area contributed by atoms with Gasteiger partial charge >= 0.3 is 5.97 Å². The van der Waals surface area contributed by atoms with Gasteiger partial charge in [-0.3, -0.25) is 9.59 Å². The van der Waals surface area contributed by atoms with Crippen molar-refractivity contribution in [3.05, 3.63) is 59.2 Å². The fraction of sp³-hybridized carbons (Fsp3) is 0.318. The Morgan fingerprint density at radius 1 is 1.11 bits per heavy atom. The highest BCUT2D eigenvalue weighted by Gasteiger charge is 2.23. The first kappa shape index (κ1) is 19.6. The van der Waals surface area contributed by atoms with E-state index in [-0.39, 0.29) is 11.8 Å². The van der Waals surface area contributed by atoms with Gasteiger partial charge in [-0.05, 0) is 63.1 Å². The van der Waals surface area contributed by atoms with E-state index >= 15 is 0 Å². The summed E-state index contributed by atoms with van der Waals surface area (Å²) in [5.41, 5.74) is 3.84. The summed E-state index contributed by atoms with van der Waals surface area (Å²) >= 11 is 0. The number of benzene rings is 2. The quantitative estimate of drug-likeness (QED) is 0.804.